The average molecular weight is 338 g/mol. The first-order valence-electron chi connectivity index (χ1n) is 7.39. The van der Waals surface area contributed by atoms with E-state index < -0.39 is 0 Å². The van der Waals surface area contributed by atoms with Crippen molar-refractivity contribution in [1.29, 1.82) is 0 Å². The summed E-state index contributed by atoms with van der Waals surface area (Å²) < 4.78 is 16.5. The van der Waals surface area contributed by atoms with Crippen molar-refractivity contribution in [2.75, 3.05) is 0 Å². The molecule has 1 amide bonds. The van der Waals surface area contributed by atoms with Gasteiger partial charge in [-0.25, -0.2) is 4.39 Å². The van der Waals surface area contributed by atoms with Crippen LogP contribution in [0.4, 0.5) is 4.39 Å². The van der Waals surface area contributed by atoms with E-state index in [1.54, 1.807) is 22.8 Å². The Morgan fingerprint density at radius 2 is 2.00 bits per heavy atom. The lowest BCUT2D eigenvalue weighted by molar-refractivity contribution is -0.113. The van der Waals surface area contributed by atoms with Gasteiger partial charge in [0.1, 0.15) is 5.82 Å². The van der Waals surface area contributed by atoms with Gasteiger partial charge in [-0.3, -0.25) is 4.79 Å². The lowest BCUT2D eigenvalue weighted by Gasteiger charge is -2.01. The fraction of sp³-hybridized carbons (Fsp3) is 0.0526. The van der Waals surface area contributed by atoms with Crippen molar-refractivity contribution in [3.8, 4) is 0 Å². The zero-order chi connectivity index (χ0) is 16.9. The topological polar surface area (TPSA) is 34.4 Å². The van der Waals surface area contributed by atoms with Gasteiger partial charge in [-0.1, -0.05) is 53.8 Å². The van der Waals surface area contributed by atoms with E-state index in [4.69, 9.17) is 0 Å². The smallest absolute Gasteiger partial charge is 0.272 e. The van der Waals surface area contributed by atoms with E-state index in [9.17, 15) is 9.18 Å². The van der Waals surface area contributed by atoms with Crippen LogP contribution in [0, 0.1) is 5.82 Å². The molecule has 3 nitrogen and oxygen atoms in total. The third kappa shape index (κ3) is 3.41. The first-order chi connectivity index (χ1) is 11.7. The van der Waals surface area contributed by atoms with Crippen LogP contribution in [0.1, 0.15) is 5.56 Å². The summed E-state index contributed by atoms with van der Waals surface area (Å²) in [5.41, 5.74) is 1.36. The fourth-order valence-electron chi connectivity index (χ4n) is 2.33. The Kier molecular flexibility index (Phi) is 4.82. The highest BCUT2D eigenvalue weighted by Gasteiger charge is 2.10. The van der Waals surface area contributed by atoms with Gasteiger partial charge in [0.05, 0.1) is 10.2 Å². The minimum absolute atomic E-state index is 0.334. The van der Waals surface area contributed by atoms with Crippen LogP contribution < -0.4 is 4.80 Å². The zero-order valence-electron chi connectivity index (χ0n) is 12.9. The van der Waals surface area contributed by atoms with Gasteiger partial charge in [-0.05, 0) is 23.8 Å². The molecule has 1 heterocycles. The van der Waals surface area contributed by atoms with E-state index in [0.717, 1.165) is 10.3 Å². The number of halogens is 1. The predicted molar refractivity (Wildman–Crippen MR) is 96.0 cm³/mol. The van der Waals surface area contributed by atoms with Gasteiger partial charge in [-0.2, -0.15) is 4.99 Å². The number of para-hydroxylation sites is 1. The second kappa shape index (κ2) is 7.19. The van der Waals surface area contributed by atoms with Gasteiger partial charge < -0.3 is 4.57 Å². The number of rotatable bonds is 4. The van der Waals surface area contributed by atoms with Crippen LogP contribution in [0.25, 0.3) is 16.3 Å². The van der Waals surface area contributed by atoms with Crippen molar-refractivity contribution in [1.82, 2.24) is 4.57 Å². The molecule has 24 heavy (non-hydrogen) atoms. The van der Waals surface area contributed by atoms with Crippen molar-refractivity contribution in [2.24, 2.45) is 4.99 Å². The Bertz CT molecular complexity index is 984. The monoisotopic (exact) mass is 338 g/mol. The van der Waals surface area contributed by atoms with Crippen molar-refractivity contribution in [3.63, 3.8) is 0 Å². The van der Waals surface area contributed by atoms with Crippen molar-refractivity contribution >= 4 is 33.5 Å². The maximum absolute atomic E-state index is 14.1. The quantitative estimate of drug-likeness (QED) is 0.519. The van der Waals surface area contributed by atoms with Crippen LogP contribution >= 0.6 is 11.3 Å². The largest absolute Gasteiger partial charge is 0.310 e. The Balaban J connectivity index is 2.01. The third-order valence-corrected chi connectivity index (χ3v) is 4.43. The third-order valence-electron chi connectivity index (χ3n) is 3.39. The van der Waals surface area contributed by atoms with E-state index in [0.29, 0.717) is 16.9 Å². The second-order valence-electron chi connectivity index (χ2n) is 5.06. The molecule has 0 unspecified atom stereocenters. The molecule has 0 bridgehead atoms. The SMILES string of the molecule is C=CCn1c(=NC(=O)/C=C/c2ccccc2)sc2cccc(F)c21. The molecule has 0 atom stereocenters. The van der Waals surface area contributed by atoms with Crippen LogP contribution in [0.3, 0.4) is 0 Å². The number of carbonyl (C=O) groups excluding carboxylic acids is 1. The molecule has 0 radical (unpaired) electrons. The standard InChI is InChI=1S/C19H15FN2OS/c1-2-13-22-18-15(20)9-6-10-16(18)24-19(22)21-17(23)12-11-14-7-4-3-5-8-14/h2-12H,1,13H2/b12-11+,21-19?. The Morgan fingerprint density at radius 1 is 1.21 bits per heavy atom. The molecular formula is C19H15FN2OS. The Labute approximate surface area is 142 Å². The summed E-state index contributed by atoms with van der Waals surface area (Å²) in [6.07, 6.45) is 4.77. The molecule has 0 saturated heterocycles. The van der Waals surface area contributed by atoms with Gasteiger partial charge in [0.15, 0.2) is 4.80 Å². The normalized spacial score (nSPS) is 12.1. The lowest BCUT2D eigenvalue weighted by atomic mass is 10.2. The summed E-state index contributed by atoms with van der Waals surface area (Å²) in [7, 11) is 0. The number of carbonyl (C=O) groups is 1. The predicted octanol–water partition coefficient (Wildman–Crippen LogP) is 4.17. The number of fused-ring (bicyclic) bond motifs is 1. The molecule has 3 rings (SSSR count). The first-order valence-corrected chi connectivity index (χ1v) is 8.21. The molecule has 2 aromatic carbocycles. The van der Waals surface area contributed by atoms with E-state index in [2.05, 4.69) is 11.6 Å². The molecule has 0 aliphatic heterocycles. The number of allylic oxidation sites excluding steroid dienone is 1. The summed E-state index contributed by atoms with van der Waals surface area (Å²) in [4.78, 5) is 16.7. The van der Waals surface area contributed by atoms with E-state index in [1.165, 1.54) is 23.5 Å². The molecule has 0 spiro atoms. The minimum atomic E-state index is -0.386. The summed E-state index contributed by atoms with van der Waals surface area (Å²) in [6.45, 7) is 4.07. The fourth-order valence-corrected chi connectivity index (χ4v) is 3.39. The molecule has 0 saturated carbocycles. The molecule has 0 N–H and O–H groups in total. The molecular weight excluding hydrogens is 323 g/mol. The van der Waals surface area contributed by atoms with Crippen LogP contribution in [0.2, 0.25) is 0 Å². The number of aromatic nitrogens is 1. The maximum Gasteiger partial charge on any atom is 0.272 e. The van der Waals surface area contributed by atoms with E-state index >= 15 is 0 Å². The summed E-state index contributed by atoms with van der Waals surface area (Å²) in [5.74, 6) is -0.719. The molecule has 3 aromatic rings. The van der Waals surface area contributed by atoms with Crippen molar-refractivity contribution < 1.29 is 9.18 Å². The number of hydrogen-bond acceptors (Lipinski definition) is 2. The maximum atomic E-state index is 14.1. The van der Waals surface area contributed by atoms with Gasteiger partial charge in [0, 0.05) is 12.6 Å². The molecule has 1 aromatic heterocycles. The van der Waals surface area contributed by atoms with Gasteiger partial charge in [0.2, 0.25) is 0 Å². The zero-order valence-corrected chi connectivity index (χ0v) is 13.7. The van der Waals surface area contributed by atoms with E-state index in [-0.39, 0.29) is 11.7 Å². The highest BCUT2D eigenvalue weighted by molar-refractivity contribution is 7.16. The molecule has 120 valence electrons. The van der Waals surface area contributed by atoms with Gasteiger partial charge >= 0.3 is 0 Å². The van der Waals surface area contributed by atoms with Gasteiger partial charge in [-0.15, -0.1) is 6.58 Å². The van der Waals surface area contributed by atoms with Crippen LogP contribution in [0.5, 0.6) is 0 Å². The number of hydrogen-bond donors (Lipinski definition) is 0. The highest BCUT2D eigenvalue weighted by atomic mass is 32.1. The lowest BCUT2D eigenvalue weighted by Crippen LogP contribution is -2.16. The van der Waals surface area contributed by atoms with Crippen molar-refractivity contribution in [2.45, 2.75) is 6.54 Å². The number of nitrogens with zero attached hydrogens (tertiary/aromatic N) is 2. The van der Waals surface area contributed by atoms with Crippen LogP contribution in [0.15, 0.2) is 72.3 Å². The number of thiazole rings is 1. The van der Waals surface area contributed by atoms with Crippen LogP contribution in [-0.4, -0.2) is 10.5 Å². The van der Waals surface area contributed by atoms with E-state index in [1.807, 2.05) is 36.4 Å². The molecule has 5 heteroatoms. The molecule has 0 aliphatic rings. The molecule has 0 aliphatic carbocycles. The summed E-state index contributed by atoms with van der Waals surface area (Å²) >= 11 is 1.28. The summed E-state index contributed by atoms with van der Waals surface area (Å²) in [5, 5.41) is 0. The first kappa shape index (κ1) is 16.1. The summed E-state index contributed by atoms with van der Waals surface area (Å²) in [6, 6.07) is 14.4. The van der Waals surface area contributed by atoms with Crippen LogP contribution in [-0.2, 0) is 11.3 Å². The van der Waals surface area contributed by atoms with Crippen molar-refractivity contribution in [3.05, 3.63) is 83.4 Å². The molecule has 0 fully saturated rings. The minimum Gasteiger partial charge on any atom is -0.310 e. The number of benzene rings is 2. The number of amides is 1. The Hall–Kier alpha value is -2.79. The van der Waals surface area contributed by atoms with Gasteiger partial charge in [0.25, 0.3) is 5.91 Å². The second-order valence-corrected chi connectivity index (χ2v) is 6.07. The highest BCUT2D eigenvalue weighted by Crippen LogP contribution is 2.20. The average Bonchev–Trinajstić information content (AvgIpc) is 2.93. The Morgan fingerprint density at radius 3 is 2.75 bits per heavy atom.